The molecular weight excluding hydrogens is 414 g/mol. The zero-order chi connectivity index (χ0) is 22.6. The lowest BCUT2D eigenvalue weighted by molar-refractivity contribution is 0.0747. The zero-order valence-corrected chi connectivity index (χ0v) is 18.5. The standard InChI is InChI=1S/C26H25N5O2/c1-33-22-12-10-20(11-13-22)25-23(19-31(28-25)21-7-3-2-4-8-21)26(32)30-17-15-29(16-18-30)24-9-5-6-14-27-24/h2-14,19H,15-18H2,1H3. The molecule has 1 amide bonds. The van der Waals surface area contributed by atoms with Crippen molar-refractivity contribution in [1.82, 2.24) is 19.7 Å². The van der Waals surface area contributed by atoms with E-state index in [1.165, 1.54) is 0 Å². The van der Waals surface area contributed by atoms with Crippen LogP contribution in [0.15, 0.2) is 85.2 Å². The lowest BCUT2D eigenvalue weighted by Gasteiger charge is -2.35. The van der Waals surface area contributed by atoms with Gasteiger partial charge < -0.3 is 14.5 Å². The molecule has 0 spiro atoms. The molecule has 2 aromatic carbocycles. The van der Waals surface area contributed by atoms with Crippen molar-refractivity contribution in [3.8, 4) is 22.7 Å². The third-order valence-corrected chi connectivity index (χ3v) is 5.87. The number of hydrogen-bond donors (Lipinski definition) is 0. The molecule has 33 heavy (non-hydrogen) atoms. The summed E-state index contributed by atoms with van der Waals surface area (Å²) in [5.41, 5.74) is 3.04. The van der Waals surface area contributed by atoms with Crippen LogP contribution in [0.1, 0.15) is 10.4 Å². The molecule has 7 heteroatoms. The lowest BCUT2D eigenvalue weighted by atomic mass is 10.1. The van der Waals surface area contributed by atoms with Crippen LogP contribution in [-0.4, -0.2) is 58.9 Å². The fraction of sp³-hybridized carbons (Fsp3) is 0.192. The first-order chi connectivity index (χ1) is 16.2. The molecule has 1 aliphatic heterocycles. The summed E-state index contributed by atoms with van der Waals surface area (Å²) in [7, 11) is 1.64. The second-order valence-corrected chi connectivity index (χ2v) is 7.87. The third-order valence-electron chi connectivity index (χ3n) is 5.87. The maximum atomic E-state index is 13.6. The average Bonchev–Trinajstić information content (AvgIpc) is 3.35. The summed E-state index contributed by atoms with van der Waals surface area (Å²) < 4.78 is 7.06. The third kappa shape index (κ3) is 4.30. The number of para-hydroxylation sites is 1. The minimum absolute atomic E-state index is 0.0105. The highest BCUT2D eigenvalue weighted by Gasteiger charge is 2.27. The smallest absolute Gasteiger partial charge is 0.257 e. The van der Waals surface area contributed by atoms with Crippen molar-refractivity contribution >= 4 is 11.7 Å². The van der Waals surface area contributed by atoms with E-state index in [4.69, 9.17) is 9.84 Å². The molecule has 1 fully saturated rings. The van der Waals surface area contributed by atoms with E-state index < -0.39 is 0 Å². The summed E-state index contributed by atoms with van der Waals surface area (Å²) in [4.78, 5) is 22.2. The number of carbonyl (C=O) groups excluding carboxylic acids is 1. The minimum Gasteiger partial charge on any atom is -0.497 e. The highest BCUT2D eigenvalue weighted by atomic mass is 16.5. The number of carbonyl (C=O) groups is 1. The zero-order valence-electron chi connectivity index (χ0n) is 18.5. The molecule has 5 rings (SSSR count). The molecule has 2 aromatic heterocycles. The molecule has 3 heterocycles. The summed E-state index contributed by atoms with van der Waals surface area (Å²) in [6, 6.07) is 23.4. The van der Waals surface area contributed by atoms with Crippen LogP contribution in [0, 0.1) is 0 Å². The minimum atomic E-state index is -0.0105. The van der Waals surface area contributed by atoms with Crippen molar-refractivity contribution in [3.63, 3.8) is 0 Å². The van der Waals surface area contributed by atoms with E-state index in [0.29, 0.717) is 24.3 Å². The molecule has 1 aliphatic rings. The summed E-state index contributed by atoms with van der Waals surface area (Å²) in [6.07, 6.45) is 3.63. The fourth-order valence-corrected chi connectivity index (χ4v) is 4.06. The maximum absolute atomic E-state index is 13.6. The first kappa shape index (κ1) is 20.8. The number of nitrogens with zero attached hydrogens (tertiary/aromatic N) is 5. The van der Waals surface area contributed by atoms with Gasteiger partial charge in [-0.2, -0.15) is 5.10 Å². The van der Waals surface area contributed by atoms with Crippen molar-refractivity contribution in [1.29, 1.82) is 0 Å². The van der Waals surface area contributed by atoms with Gasteiger partial charge in [0.05, 0.1) is 18.4 Å². The van der Waals surface area contributed by atoms with E-state index >= 15 is 0 Å². The van der Waals surface area contributed by atoms with Crippen LogP contribution in [0.25, 0.3) is 16.9 Å². The van der Waals surface area contributed by atoms with E-state index in [2.05, 4.69) is 9.88 Å². The monoisotopic (exact) mass is 439 g/mol. The normalized spacial score (nSPS) is 13.7. The van der Waals surface area contributed by atoms with Gasteiger partial charge in [0.1, 0.15) is 17.3 Å². The summed E-state index contributed by atoms with van der Waals surface area (Å²) in [6.45, 7) is 2.75. The number of ether oxygens (including phenoxy) is 1. The van der Waals surface area contributed by atoms with Crippen LogP contribution in [-0.2, 0) is 0 Å². The largest absolute Gasteiger partial charge is 0.497 e. The van der Waals surface area contributed by atoms with Gasteiger partial charge in [-0.15, -0.1) is 0 Å². The van der Waals surface area contributed by atoms with Gasteiger partial charge in [0.25, 0.3) is 5.91 Å². The second-order valence-electron chi connectivity index (χ2n) is 7.87. The molecule has 0 saturated carbocycles. The van der Waals surface area contributed by atoms with Crippen molar-refractivity contribution in [2.24, 2.45) is 0 Å². The number of benzene rings is 2. The number of anilines is 1. The Hall–Kier alpha value is -4.13. The van der Waals surface area contributed by atoms with Gasteiger partial charge in [0.15, 0.2) is 0 Å². The van der Waals surface area contributed by atoms with E-state index in [1.54, 1.807) is 18.0 Å². The summed E-state index contributed by atoms with van der Waals surface area (Å²) in [5, 5.41) is 4.79. The molecule has 0 unspecified atom stereocenters. The van der Waals surface area contributed by atoms with E-state index in [0.717, 1.165) is 35.9 Å². The SMILES string of the molecule is COc1ccc(-c2nn(-c3ccccc3)cc2C(=O)N2CCN(c3ccccn3)CC2)cc1. The van der Waals surface area contributed by atoms with E-state index in [1.807, 2.05) is 83.9 Å². The van der Waals surface area contributed by atoms with Gasteiger partial charge in [0, 0.05) is 44.1 Å². The molecule has 7 nitrogen and oxygen atoms in total. The molecule has 166 valence electrons. The van der Waals surface area contributed by atoms with Gasteiger partial charge >= 0.3 is 0 Å². The maximum Gasteiger partial charge on any atom is 0.257 e. The van der Waals surface area contributed by atoms with Crippen LogP contribution in [0.2, 0.25) is 0 Å². The van der Waals surface area contributed by atoms with Crippen molar-refractivity contribution in [3.05, 3.63) is 90.8 Å². The summed E-state index contributed by atoms with van der Waals surface area (Å²) in [5.74, 6) is 1.70. The van der Waals surface area contributed by atoms with Crippen LogP contribution < -0.4 is 9.64 Å². The van der Waals surface area contributed by atoms with Gasteiger partial charge in [-0.1, -0.05) is 24.3 Å². The van der Waals surface area contributed by atoms with Crippen molar-refractivity contribution in [2.45, 2.75) is 0 Å². The number of methoxy groups -OCH3 is 1. The molecule has 0 atom stereocenters. The van der Waals surface area contributed by atoms with Gasteiger partial charge in [-0.05, 0) is 48.5 Å². The molecule has 0 N–H and O–H groups in total. The number of pyridine rings is 1. The topological polar surface area (TPSA) is 63.5 Å². The average molecular weight is 440 g/mol. The number of rotatable bonds is 5. The molecule has 0 bridgehead atoms. The Kier molecular flexibility index (Phi) is 5.76. The Bertz CT molecular complexity index is 1210. The van der Waals surface area contributed by atoms with E-state index in [-0.39, 0.29) is 5.91 Å². The number of amides is 1. The fourth-order valence-electron chi connectivity index (χ4n) is 4.06. The lowest BCUT2D eigenvalue weighted by Crippen LogP contribution is -2.49. The van der Waals surface area contributed by atoms with E-state index in [9.17, 15) is 4.79 Å². The quantitative estimate of drug-likeness (QED) is 0.472. The Morgan fingerprint density at radius 3 is 2.27 bits per heavy atom. The van der Waals surface area contributed by atoms with Crippen LogP contribution >= 0.6 is 0 Å². The Morgan fingerprint density at radius 2 is 1.61 bits per heavy atom. The van der Waals surface area contributed by atoms with Crippen LogP contribution in [0.5, 0.6) is 5.75 Å². The van der Waals surface area contributed by atoms with Crippen LogP contribution in [0.4, 0.5) is 5.82 Å². The molecule has 0 radical (unpaired) electrons. The highest BCUT2D eigenvalue weighted by Crippen LogP contribution is 2.27. The number of hydrogen-bond acceptors (Lipinski definition) is 5. The number of aromatic nitrogens is 3. The van der Waals surface area contributed by atoms with Gasteiger partial charge in [0.2, 0.25) is 0 Å². The van der Waals surface area contributed by atoms with Crippen molar-refractivity contribution < 1.29 is 9.53 Å². The van der Waals surface area contributed by atoms with Crippen molar-refractivity contribution in [2.75, 3.05) is 38.2 Å². The molecule has 1 saturated heterocycles. The van der Waals surface area contributed by atoms with Gasteiger partial charge in [-0.25, -0.2) is 9.67 Å². The van der Waals surface area contributed by atoms with Crippen LogP contribution in [0.3, 0.4) is 0 Å². The molecule has 4 aromatic rings. The Labute approximate surface area is 192 Å². The second kappa shape index (κ2) is 9.16. The predicted molar refractivity (Wildman–Crippen MR) is 128 cm³/mol. The Balaban J connectivity index is 1.43. The first-order valence-corrected chi connectivity index (χ1v) is 11.0. The van der Waals surface area contributed by atoms with Gasteiger partial charge in [-0.3, -0.25) is 4.79 Å². The highest BCUT2D eigenvalue weighted by molar-refractivity contribution is 6.00. The first-order valence-electron chi connectivity index (χ1n) is 11.0. The Morgan fingerprint density at radius 1 is 0.879 bits per heavy atom. The number of piperazine rings is 1. The summed E-state index contributed by atoms with van der Waals surface area (Å²) >= 11 is 0. The molecular formula is C26H25N5O2. The molecule has 0 aliphatic carbocycles. The predicted octanol–water partition coefficient (Wildman–Crippen LogP) is 3.91.